The van der Waals surface area contributed by atoms with Crippen molar-refractivity contribution in [1.29, 1.82) is 0 Å². The van der Waals surface area contributed by atoms with Crippen LogP contribution < -0.4 is 10.5 Å². The number of anilines is 1. The fraction of sp³-hybridized carbons (Fsp3) is 0. The van der Waals surface area contributed by atoms with Crippen LogP contribution in [0.25, 0.3) is 11.0 Å². The molecular formula is C13H9ClN2O4S2. The van der Waals surface area contributed by atoms with Crippen molar-refractivity contribution in [3.05, 3.63) is 46.5 Å². The first-order chi connectivity index (χ1) is 10.4. The molecule has 0 bridgehead atoms. The minimum absolute atomic E-state index is 0.0209. The maximum atomic E-state index is 12.4. The Morgan fingerprint density at radius 2 is 1.95 bits per heavy atom. The molecule has 0 aliphatic rings. The lowest BCUT2D eigenvalue weighted by atomic mass is 10.2. The molecule has 0 saturated carbocycles. The fourth-order valence-electron chi connectivity index (χ4n) is 1.95. The first-order valence-corrected chi connectivity index (χ1v) is 8.66. The molecule has 3 N–H and O–H groups in total. The molecule has 0 aliphatic carbocycles. The molecule has 114 valence electrons. The molecule has 1 amide bonds. The van der Waals surface area contributed by atoms with Gasteiger partial charge >= 0.3 is 0 Å². The quantitative estimate of drug-likeness (QED) is 0.749. The zero-order chi connectivity index (χ0) is 15.9. The number of rotatable bonds is 4. The smallest absolute Gasteiger partial charge is 0.286 e. The van der Waals surface area contributed by atoms with Crippen LogP contribution in [0.15, 0.2) is 45.0 Å². The van der Waals surface area contributed by atoms with E-state index in [-0.39, 0.29) is 15.7 Å². The van der Waals surface area contributed by atoms with Crippen molar-refractivity contribution in [2.75, 3.05) is 4.72 Å². The molecule has 1 aromatic carbocycles. The number of halogens is 1. The molecule has 0 atom stereocenters. The highest BCUT2D eigenvalue weighted by atomic mass is 35.5. The average Bonchev–Trinajstić information content (AvgIpc) is 3.04. The van der Waals surface area contributed by atoms with Crippen molar-refractivity contribution in [2.24, 2.45) is 5.73 Å². The monoisotopic (exact) mass is 356 g/mol. The van der Waals surface area contributed by atoms with Crippen LogP contribution >= 0.6 is 22.9 Å². The van der Waals surface area contributed by atoms with Gasteiger partial charge in [-0.3, -0.25) is 9.52 Å². The number of furan rings is 1. The van der Waals surface area contributed by atoms with Crippen LogP contribution in [0.5, 0.6) is 0 Å². The molecule has 0 unspecified atom stereocenters. The van der Waals surface area contributed by atoms with E-state index in [2.05, 4.69) is 4.72 Å². The van der Waals surface area contributed by atoms with Gasteiger partial charge < -0.3 is 10.2 Å². The van der Waals surface area contributed by atoms with Gasteiger partial charge in [0, 0.05) is 5.39 Å². The number of thiophene rings is 1. The van der Waals surface area contributed by atoms with Gasteiger partial charge in [-0.15, -0.1) is 11.3 Å². The van der Waals surface area contributed by atoms with Gasteiger partial charge in [-0.1, -0.05) is 23.7 Å². The van der Waals surface area contributed by atoms with Gasteiger partial charge in [0.25, 0.3) is 15.9 Å². The molecule has 9 heteroatoms. The molecule has 2 heterocycles. The number of carbonyl (C=O) groups is 1. The standard InChI is InChI=1S/C13H9ClN2O4S2/c14-9-5-6-10(21-9)22(18,19)16-11-7-3-1-2-4-8(7)20-12(11)13(15)17/h1-6,16H,(H2,15,17). The van der Waals surface area contributed by atoms with Crippen LogP contribution in [0.2, 0.25) is 4.34 Å². The molecule has 0 spiro atoms. The second-order valence-corrected chi connectivity index (χ2v) is 7.95. The minimum Gasteiger partial charge on any atom is -0.449 e. The Balaban J connectivity index is 2.14. The maximum Gasteiger partial charge on any atom is 0.286 e. The number of amides is 1. The maximum absolute atomic E-state index is 12.4. The van der Waals surface area contributed by atoms with Gasteiger partial charge in [-0.2, -0.15) is 0 Å². The van der Waals surface area contributed by atoms with E-state index < -0.39 is 15.9 Å². The van der Waals surface area contributed by atoms with Gasteiger partial charge in [-0.05, 0) is 24.3 Å². The van der Waals surface area contributed by atoms with Crippen LogP contribution in [-0.2, 0) is 10.0 Å². The van der Waals surface area contributed by atoms with E-state index in [1.54, 1.807) is 24.3 Å². The van der Waals surface area contributed by atoms with Gasteiger partial charge in [0.05, 0.1) is 4.34 Å². The van der Waals surface area contributed by atoms with Gasteiger partial charge in [-0.25, -0.2) is 8.42 Å². The number of hydrogen-bond donors (Lipinski definition) is 2. The topological polar surface area (TPSA) is 102 Å². The molecule has 0 saturated heterocycles. The van der Waals surface area contributed by atoms with Gasteiger partial charge in [0.15, 0.2) is 0 Å². The highest BCUT2D eigenvalue weighted by Crippen LogP contribution is 2.34. The van der Waals surface area contributed by atoms with Crippen molar-refractivity contribution in [2.45, 2.75) is 4.21 Å². The van der Waals surface area contributed by atoms with E-state index in [4.69, 9.17) is 21.8 Å². The number of nitrogens with two attached hydrogens (primary N) is 1. The van der Waals surface area contributed by atoms with E-state index >= 15 is 0 Å². The molecule has 6 nitrogen and oxygen atoms in total. The molecular weight excluding hydrogens is 348 g/mol. The molecule has 3 rings (SSSR count). The van der Waals surface area contributed by atoms with E-state index in [1.165, 1.54) is 12.1 Å². The molecule has 3 aromatic rings. The first kappa shape index (κ1) is 14.9. The Morgan fingerprint density at radius 3 is 2.59 bits per heavy atom. The summed E-state index contributed by atoms with van der Waals surface area (Å²) in [7, 11) is -3.89. The summed E-state index contributed by atoms with van der Waals surface area (Å²) in [5.41, 5.74) is 5.63. The highest BCUT2D eigenvalue weighted by Gasteiger charge is 2.24. The fourth-order valence-corrected chi connectivity index (χ4v) is 4.51. The first-order valence-electron chi connectivity index (χ1n) is 5.98. The predicted molar refractivity (Wildman–Crippen MR) is 84.9 cm³/mol. The third kappa shape index (κ3) is 2.56. The Morgan fingerprint density at radius 1 is 1.23 bits per heavy atom. The number of hydrogen-bond acceptors (Lipinski definition) is 5. The summed E-state index contributed by atoms with van der Waals surface area (Å²) >= 11 is 6.66. The SMILES string of the molecule is NC(=O)c1oc2ccccc2c1NS(=O)(=O)c1ccc(Cl)s1. The van der Waals surface area contributed by atoms with Crippen molar-refractivity contribution in [3.63, 3.8) is 0 Å². The molecule has 0 radical (unpaired) electrons. The van der Waals surface area contributed by atoms with E-state index in [0.717, 1.165) is 11.3 Å². The Labute approximate surface area is 134 Å². The van der Waals surface area contributed by atoms with Crippen molar-refractivity contribution < 1.29 is 17.6 Å². The second-order valence-electron chi connectivity index (χ2n) is 4.33. The lowest BCUT2D eigenvalue weighted by Gasteiger charge is -2.05. The number of primary amides is 1. The molecule has 2 aromatic heterocycles. The van der Waals surface area contributed by atoms with Crippen LogP contribution in [-0.4, -0.2) is 14.3 Å². The second kappa shape index (κ2) is 5.31. The predicted octanol–water partition coefficient (Wildman–Crippen LogP) is 3.05. The number of carbonyl (C=O) groups excluding carboxylic acids is 1. The lowest BCUT2D eigenvalue weighted by Crippen LogP contribution is -2.16. The van der Waals surface area contributed by atoms with Crippen molar-refractivity contribution in [1.82, 2.24) is 0 Å². The molecule has 0 aliphatic heterocycles. The number of sulfonamides is 1. The summed E-state index contributed by atoms with van der Waals surface area (Å²) in [6.07, 6.45) is 0. The normalized spacial score (nSPS) is 11.7. The van der Waals surface area contributed by atoms with Crippen LogP contribution in [0.3, 0.4) is 0 Å². The summed E-state index contributed by atoms with van der Waals surface area (Å²) < 4.78 is 32.8. The van der Waals surface area contributed by atoms with Crippen LogP contribution in [0, 0.1) is 0 Å². The van der Waals surface area contributed by atoms with E-state index in [0.29, 0.717) is 15.3 Å². The zero-order valence-electron chi connectivity index (χ0n) is 10.9. The summed E-state index contributed by atoms with van der Waals surface area (Å²) in [6.45, 7) is 0. The molecule has 22 heavy (non-hydrogen) atoms. The van der Waals surface area contributed by atoms with E-state index in [9.17, 15) is 13.2 Å². The number of fused-ring (bicyclic) bond motifs is 1. The third-order valence-corrected chi connectivity index (χ3v) is 5.94. The Kier molecular flexibility index (Phi) is 3.59. The summed E-state index contributed by atoms with van der Waals surface area (Å²) in [4.78, 5) is 11.5. The largest absolute Gasteiger partial charge is 0.449 e. The molecule has 0 fully saturated rings. The summed E-state index contributed by atoms with van der Waals surface area (Å²) in [5.74, 6) is -1.11. The van der Waals surface area contributed by atoms with E-state index in [1.807, 2.05) is 0 Å². The average molecular weight is 357 g/mol. The number of benzene rings is 1. The van der Waals surface area contributed by atoms with Crippen LogP contribution in [0.4, 0.5) is 5.69 Å². The van der Waals surface area contributed by atoms with Gasteiger partial charge in [0.1, 0.15) is 15.5 Å². The Hall–Kier alpha value is -2.03. The minimum atomic E-state index is -3.89. The zero-order valence-corrected chi connectivity index (χ0v) is 13.3. The summed E-state index contributed by atoms with van der Waals surface area (Å²) in [5, 5.41) is 0.447. The van der Waals surface area contributed by atoms with Crippen LogP contribution in [0.1, 0.15) is 10.6 Å². The Bertz CT molecular complexity index is 975. The highest BCUT2D eigenvalue weighted by molar-refractivity contribution is 7.94. The van der Waals surface area contributed by atoms with Gasteiger partial charge in [0.2, 0.25) is 5.76 Å². The number of para-hydroxylation sites is 1. The number of nitrogens with one attached hydrogen (secondary N) is 1. The third-order valence-electron chi connectivity index (χ3n) is 2.87. The van der Waals surface area contributed by atoms with Crippen molar-refractivity contribution >= 4 is 55.5 Å². The summed E-state index contributed by atoms with van der Waals surface area (Å²) in [6, 6.07) is 9.49. The van der Waals surface area contributed by atoms with Crippen molar-refractivity contribution in [3.8, 4) is 0 Å². The lowest BCUT2D eigenvalue weighted by molar-refractivity contribution is 0.0977.